The number of carbonyl (C=O) groups excluding carboxylic acids is 2. The Morgan fingerprint density at radius 1 is 1.04 bits per heavy atom. The molecular weight excluding hydrogens is 342 g/mol. The molecular formula is C21H29N3O3. The van der Waals surface area contributed by atoms with E-state index in [0.717, 1.165) is 5.56 Å². The largest absolute Gasteiger partial charge is 0.459 e. The van der Waals surface area contributed by atoms with E-state index >= 15 is 0 Å². The molecule has 1 atom stereocenters. The molecule has 27 heavy (non-hydrogen) atoms. The molecule has 0 fully saturated rings. The summed E-state index contributed by atoms with van der Waals surface area (Å²) in [7, 11) is 0. The molecule has 2 aromatic rings. The molecule has 3 N–H and O–H groups in total. The van der Waals surface area contributed by atoms with Crippen LogP contribution < -0.4 is 16.2 Å². The summed E-state index contributed by atoms with van der Waals surface area (Å²) in [5, 5.41) is 3.27. The normalized spacial score (nSPS) is 12.7. The number of hydrogen-bond donors (Lipinski definition) is 3. The number of carbonyl (C=O) groups is 2. The van der Waals surface area contributed by atoms with E-state index in [0.29, 0.717) is 5.92 Å². The van der Waals surface area contributed by atoms with Crippen LogP contribution in [0.3, 0.4) is 0 Å². The second kappa shape index (κ2) is 8.86. The third-order valence-corrected chi connectivity index (χ3v) is 4.35. The summed E-state index contributed by atoms with van der Waals surface area (Å²) in [4.78, 5) is 23.8. The van der Waals surface area contributed by atoms with Gasteiger partial charge in [0.2, 0.25) is 0 Å². The van der Waals surface area contributed by atoms with Crippen LogP contribution in [0.5, 0.6) is 0 Å². The van der Waals surface area contributed by atoms with Gasteiger partial charge >= 0.3 is 5.91 Å². The predicted molar refractivity (Wildman–Crippen MR) is 105 cm³/mol. The van der Waals surface area contributed by atoms with E-state index in [1.165, 1.54) is 17.9 Å². The Kier molecular flexibility index (Phi) is 6.80. The molecule has 0 unspecified atom stereocenters. The van der Waals surface area contributed by atoms with E-state index in [1.54, 1.807) is 6.07 Å². The Bertz CT molecular complexity index is 744. The quantitative estimate of drug-likeness (QED) is 0.680. The van der Waals surface area contributed by atoms with Crippen LogP contribution in [-0.4, -0.2) is 18.4 Å². The van der Waals surface area contributed by atoms with Crippen LogP contribution in [0.2, 0.25) is 0 Å². The van der Waals surface area contributed by atoms with Crippen molar-refractivity contribution >= 4 is 11.8 Å². The fourth-order valence-corrected chi connectivity index (χ4v) is 2.77. The second-order valence-electron chi connectivity index (χ2n) is 7.95. The van der Waals surface area contributed by atoms with Crippen LogP contribution in [0, 0.1) is 5.92 Å². The molecule has 0 radical (unpaired) electrons. The van der Waals surface area contributed by atoms with Gasteiger partial charge in [0.25, 0.3) is 5.91 Å². The number of furan rings is 1. The van der Waals surface area contributed by atoms with Crippen LogP contribution in [0.1, 0.15) is 62.3 Å². The zero-order valence-corrected chi connectivity index (χ0v) is 16.6. The van der Waals surface area contributed by atoms with E-state index in [2.05, 4.69) is 75.1 Å². The van der Waals surface area contributed by atoms with Gasteiger partial charge in [-0.05, 0) is 34.6 Å². The summed E-state index contributed by atoms with van der Waals surface area (Å²) in [5.41, 5.74) is 7.22. The Labute approximate surface area is 160 Å². The minimum Gasteiger partial charge on any atom is -0.459 e. The molecule has 146 valence electrons. The summed E-state index contributed by atoms with van der Waals surface area (Å²) in [5.74, 6) is -0.378. The van der Waals surface area contributed by atoms with Gasteiger partial charge in [0.15, 0.2) is 5.76 Å². The standard InChI is InChI=1S/C21H29N3O3/c1-14(2)19(15-8-10-16(11-9-15)21(3,4)5)22-13-18(25)23-24-20(26)17-7-6-12-27-17/h6-12,14,19,22H,13H2,1-5H3,(H,23,25)(H,24,26)/t19-/m1/s1. The van der Waals surface area contributed by atoms with E-state index in [1.807, 2.05) is 0 Å². The lowest BCUT2D eigenvalue weighted by molar-refractivity contribution is -0.121. The predicted octanol–water partition coefficient (Wildman–Crippen LogP) is 3.33. The van der Waals surface area contributed by atoms with Gasteiger partial charge in [0, 0.05) is 6.04 Å². The third-order valence-electron chi connectivity index (χ3n) is 4.35. The molecule has 1 heterocycles. The zero-order chi connectivity index (χ0) is 20.0. The lowest BCUT2D eigenvalue weighted by Crippen LogP contribution is -2.46. The van der Waals surface area contributed by atoms with E-state index in [9.17, 15) is 9.59 Å². The second-order valence-corrected chi connectivity index (χ2v) is 7.95. The SMILES string of the molecule is CC(C)[C@@H](NCC(=O)NNC(=O)c1ccco1)c1ccc(C(C)(C)C)cc1. The lowest BCUT2D eigenvalue weighted by atomic mass is 9.85. The van der Waals surface area contributed by atoms with Gasteiger partial charge in [-0.3, -0.25) is 20.4 Å². The minimum atomic E-state index is -0.494. The number of benzene rings is 1. The summed E-state index contributed by atoms with van der Waals surface area (Å²) in [6, 6.07) is 11.6. The molecule has 1 aromatic carbocycles. The van der Waals surface area contributed by atoms with Crippen molar-refractivity contribution in [1.29, 1.82) is 0 Å². The highest BCUT2D eigenvalue weighted by Crippen LogP contribution is 2.26. The van der Waals surface area contributed by atoms with Crippen LogP contribution in [-0.2, 0) is 10.2 Å². The van der Waals surface area contributed by atoms with Crippen molar-refractivity contribution in [2.45, 2.75) is 46.1 Å². The molecule has 0 aliphatic rings. The molecule has 6 heteroatoms. The van der Waals surface area contributed by atoms with E-state index in [4.69, 9.17) is 4.42 Å². The van der Waals surface area contributed by atoms with E-state index in [-0.39, 0.29) is 29.7 Å². The van der Waals surface area contributed by atoms with Crippen LogP contribution in [0.15, 0.2) is 47.1 Å². The van der Waals surface area contributed by atoms with Gasteiger partial charge in [-0.1, -0.05) is 58.9 Å². The number of amides is 2. The minimum absolute atomic E-state index is 0.0329. The van der Waals surface area contributed by atoms with Crippen LogP contribution in [0.25, 0.3) is 0 Å². The molecule has 0 bridgehead atoms. The monoisotopic (exact) mass is 371 g/mol. The van der Waals surface area contributed by atoms with Crippen molar-refractivity contribution in [3.8, 4) is 0 Å². The molecule has 6 nitrogen and oxygen atoms in total. The Hall–Kier alpha value is -2.60. The maximum atomic E-state index is 12.0. The Morgan fingerprint density at radius 3 is 2.22 bits per heavy atom. The average Bonchev–Trinajstić information content (AvgIpc) is 3.14. The number of hydrazine groups is 1. The molecule has 1 aromatic heterocycles. The molecule has 0 aliphatic carbocycles. The maximum absolute atomic E-state index is 12.0. The molecule has 0 spiro atoms. The van der Waals surface area contributed by atoms with Gasteiger partial charge in [0.05, 0.1) is 12.8 Å². The first-order chi connectivity index (χ1) is 12.7. The zero-order valence-electron chi connectivity index (χ0n) is 16.6. The fourth-order valence-electron chi connectivity index (χ4n) is 2.77. The van der Waals surface area contributed by atoms with Crippen molar-refractivity contribution in [3.05, 3.63) is 59.5 Å². The van der Waals surface area contributed by atoms with Gasteiger partial charge in [0.1, 0.15) is 0 Å². The topological polar surface area (TPSA) is 83.4 Å². The first-order valence-corrected chi connectivity index (χ1v) is 9.15. The Morgan fingerprint density at radius 2 is 1.70 bits per heavy atom. The first-order valence-electron chi connectivity index (χ1n) is 9.15. The lowest BCUT2D eigenvalue weighted by Gasteiger charge is -2.25. The van der Waals surface area contributed by atoms with Crippen LogP contribution in [0.4, 0.5) is 0 Å². The highest BCUT2D eigenvalue weighted by Gasteiger charge is 2.19. The molecule has 2 amide bonds. The smallest absolute Gasteiger partial charge is 0.305 e. The Balaban J connectivity index is 1.90. The maximum Gasteiger partial charge on any atom is 0.305 e. The molecule has 2 rings (SSSR count). The number of rotatable bonds is 6. The molecule has 0 saturated heterocycles. The van der Waals surface area contributed by atoms with Crippen molar-refractivity contribution < 1.29 is 14.0 Å². The van der Waals surface area contributed by atoms with Gasteiger partial charge in [-0.2, -0.15) is 0 Å². The van der Waals surface area contributed by atoms with Gasteiger partial charge in [-0.25, -0.2) is 0 Å². The number of hydrogen-bond acceptors (Lipinski definition) is 4. The summed E-state index contributed by atoms with van der Waals surface area (Å²) in [6.07, 6.45) is 1.40. The van der Waals surface area contributed by atoms with Gasteiger partial charge in [-0.15, -0.1) is 0 Å². The number of nitrogens with one attached hydrogen (secondary N) is 3. The first kappa shape index (κ1) is 20.7. The van der Waals surface area contributed by atoms with Crippen molar-refractivity contribution in [3.63, 3.8) is 0 Å². The van der Waals surface area contributed by atoms with Crippen molar-refractivity contribution in [2.75, 3.05) is 6.54 Å². The highest BCUT2D eigenvalue weighted by molar-refractivity contribution is 5.93. The fraction of sp³-hybridized carbons (Fsp3) is 0.429. The summed E-state index contributed by atoms with van der Waals surface area (Å²) in [6.45, 7) is 10.8. The molecule has 0 aliphatic heterocycles. The summed E-state index contributed by atoms with van der Waals surface area (Å²) < 4.78 is 4.97. The third kappa shape index (κ3) is 5.96. The average molecular weight is 371 g/mol. The summed E-state index contributed by atoms with van der Waals surface area (Å²) >= 11 is 0. The van der Waals surface area contributed by atoms with Crippen molar-refractivity contribution in [2.24, 2.45) is 5.92 Å². The molecule has 0 saturated carbocycles. The van der Waals surface area contributed by atoms with Crippen LogP contribution >= 0.6 is 0 Å². The van der Waals surface area contributed by atoms with Crippen molar-refractivity contribution in [1.82, 2.24) is 16.2 Å². The van der Waals surface area contributed by atoms with E-state index < -0.39 is 5.91 Å². The van der Waals surface area contributed by atoms with Gasteiger partial charge < -0.3 is 9.73 Å². The highest BCUT2D eigenvalue weighted by atomic mass is 16.3.